The zero-order valence-electron chi connectivity index (χ0n) is 13.2. The molecule has 2 aliphatic rings. The number of urea groups is 1. The third-order valence-corrected chi connectivity index (χ3v) is 5.29. The summed E-state index contributed by atoms with van der Waals surface area (Å²) in [6, 6.07) is -0.147. The first-order valence-corrected chi connectivity index (χ1v) is 8.91. The molecular weight excluding hydrogens is 332 g/mol. The van der Waals surface area contributed by atoms with E-state index in [2.05, 4.69) is 15.6 Å². The van der Waals surface area contributed by atoms with Crippen LogP contribution in [0.5, 0.6) is 0 Å². The van der Waals surface area contributed by atoms with Gasteiger partial charge in [0, 0.05) is 37.5 Å². The minimum Gasteiger partial charge on any atom is -0.476 e. The number of likely N-dealkylation sites (tertiary alicyclic amines) is 1. The van der Waals surface area contributed by atoms with E-state index in [1.807, 2.05) is 0 Å². The number of nitrogens with one attached hydrogen (secondary N) is 2. The normalized spacial score (nSPS) is 23.3. The van der Waals surface area contributed by atoms with Gasteiger partial charge in [0.25, 0.3) is 0 Å². The monoisotopic (exact) mass is 352 g/mol. The molecule has 0 aromatic carbocycles. The zero-order valence-corrected chi connectivity index (χ0v) is 14.0. The second-order valence-corrected chi connectivity index (χ2v) is 7.09. The summed E-state index contributed by atoms with van der Waals surface area (Å²) >= 11 is 1.27. The van der Waals surface area contributed by atoms with E-state index in [1.165, 1.54) is 16.7 Å². The molecule has 24 heavy (non-hydrogen) atoms. The predicted octanol–water partition coefficient (Wildman–Crippen LogP) is 0.694. The first-order valence-electron chi connectivity index (χ1n) is 8.04. The molecule has 0 saturated carbocycles. The molecule has 0 radical (unpaired) electrons. The lowest BCUT2D eigenvalue weighted by atomic mass is 9.99. The molecule has 0 spiro atoms. The van der Waals surface area contributed by atoms with Gasteiger partial charge in [-0.05, 0) is 12.8 Å². The molecule has 3 N–H and O–H groups in total. The molecule has 2 fully saturated rings. The Kier molecular flexibility index (Phi) is 4.98. The summed E-state index contributed by atoms with van der Waals surface area (Å²) in [4.78, 5) is 40.8. The fraction of sp³-hybridized carbons (Fsp3) is 0.600. The highest BCUT2D eigenvalue weighted by molar-refractivity contribution is 7.09. The number of aromatic nitrogens is 1. The molecule has 0 aliphatic carbocycles. The molecule has 8 nitrogen and oxygen atoms in total. The van der Waals surface area contributed by atoms with Crippen LogP contribution in [0.2, 0.25) is 0 Å². The van der Waals surface area contributed by atoms with Crippen molar-refractivity contribution >= 4 is 29.2 Å². The number of nitrogens with zero attached hydrogens (tertiary/aromatic N) is 2. The van der Waals surface area contributed by atoms with Crippen molar-refractivity contribution in [3.8, 4) is 0 Å². The number of carboxylic acids is 1. The van der Waals surface area contributed by atoms with Gasteiger partial charge in [-0.25, -0.2) is 14.6 Å². The van der Waals surface area contributed by atoms with Gasteiger partial charge in [0.2, 0.25) is 5.91 Å². The summed E-state index contributed by atoms with van der Waals surface area (Å²) in [7, 11) is 0. The maximum atomic E-state index is 12.4. The van der Waals surface area contributed by atoms with Crippen molar-refractivity contribution < 1.29 is 19.5 Å². The van der Waals surface area contributed by atoms with Crippen LogP contribution in [0.15, 0.2) is 5.38 Å². The van der Waals surface area contributed by atoms with E-state index >= 15 is 0 Å². The van der Waals surface area contributed by atoms with Crippen molar-refractivity contribution in [2.75, 3.05) is 19.6 Å². The van der Waals surface area contributed by atoms with E-state index < -0.39 is 5.97 Å². The lowest BCUT2D eigenvalue weighted by molar-refractivity contribution is -0.124. The quantitative estimate of drug-likeness (QED) is 0.738. The highest BCUT2D eigenvalue weighted by Gasteiger charge is 2.34. The molecule has 3 heterocycles. The fourth-order valence-corrected chi connectivity index (χ4v) is 3.90. The minimum absolute atomic E-state index is 0.0336. The average Bonchev–Trinajstić information content (AvgIpc) is 2.84. The van der Waals surface area contributed by atoms with E-state index in [0.29, 0.717) is 31.1 Å². The summed E-state index contributed by atoms with van der Waals surface area (Å²) in [6.45, 7) is 1.38. The van der Waals surface area contributed by atoms with Crippen LogP contribution in [0.4, 0.5) is 4.79 Å². The Balaban J connectivity index is 1.51. The number of carboxylic acid groups (broad SMARTS) is 1. The number of rotatable bonds is 4. The Hall–Kier alpha value is -2.16. The lowest BCUT2D eigenvalue weighted by Crippen LogP contribution is -2.46. The second kappa shape index (κ2) is 7.16. The molecule has 2 unspecified atom stereocenters. The molecule has 3 amide bonds. The van der Waals surface area contributed by atoms with E-state index in [1.54, 1.807) is 4.90 Å². The third kappa shape index (κ3) is 3.84. The van der Waals surface area contributed by atoms with Crippen LogP contribution in [-0.2, 0) is 11.2 Å². The van der Waals surface area contributed by atoms with Crippen molar-refractivity contribution in [3.63, 3.8) is 0 Å². The standard InChI is InChI=1S/C15H20N4O4S/c20-13-9-2-1-3-10(17-13)7-19(6-9)15(23)16-5-4-12-18-11(8-24-12)14(21)22/h8-10H,1-7H2,(H,16,23)(H,17,20)(H,21,22). The van der Waals surface area contributed by atoms with Gasteiger partial charge in [-0.3, -0.25) is 4.79 Å². The number of fused-ring (bicyclic) bond motifs is 3. The molecule has 1 aromatic rings. The van der Waals surface area contributed by atoms with E-state index in [-0.39, 0.29) is 29.6 Å². The van der Waals surface area contributed by atoms with Crippen molar-refractivity contribution in [1.29, 1.82) is 0 Å². The van der Waals surface area contributed by atoms with Crippen LogP contribution in [0.1, 0.15) is 34.8 Å². The molecule has 9 heteroatoms. The molecule has 1 aromatic heterocycles. The smallest absolute Gasteiger partial charge is 0.355 e. The summed E-state index contributed by atoms with van der Waals surface area (Å²) < 4.78 is 0. The van der Waals surface area contributed by atoms with Gasteiger partial charge < -0.3 is 20.6 Å². The number of hydrogen-bond donors (Lipinski definition) is 3. The molecule has 2 bridgehead atoms. The maximum absolute atomic E-state index is 12.4. The summed E-state index contributed by atoms with van der Waals surface area (Å²) in [5.41, 5.74) is 0.0336. The number of carbonyl (C=O) groups excluding carboxylic acids is 2. The summed E-state index contributed by atoms with van der Waals surface area (Å²) in [6.07, 6.45) is 3.23. The average molecular weight is 352 g/mol. The molecule has 130 valence electrons. The number of hydrogen-bond acceptors (Lipinski definition) is 5. The van der Waals surface area contributed by atoms with Gasteiger partial charge in [-0.1, -0.05) is 6.42 Å². The highest BCUT2D eigenvalue weighted by atomic mass is 32.1. The van der Waals surface area contributed by atoms with Gasteiger partial charge in [-0.15, -0.1) is 11.3 Å². The Morgan fingerprint density at radius 3 is 3.00 bits per heavy atom. The Labute approximate surface area is 143 Å². The molecule has 2 saturated heterocycles. The van der Waals surface area contributed by atoms with E-state index in [9.17, 15) is 14.4 Å². The first-order chi connectivity index (χ1) is 11.5. The summed E-state index contributed by atoms with van der Waals surface area (Å²) in [5.74, 6) is -1.12. The Bertz CT molecular complexity index is 647. The third-order valence-electron chi connectivity index (χ3n) is 4.38. The molecular formula is C15H20N4O4S. The van der Waals surface area contributed by atoms with Crippen LogP contribution < -0.4 is 10.6 Å². The molecule has 3 rings (SSSR count). The number of carbonyl (C=O) groups is 3. The molecule has 2 atom stereocenters. The first kappa shape index (κ1) is 16.7. The van der Waals surface area contributed by atoms with E-state index in [0.717, 1.165) is 19.3 Å². The Morgan fingerprint density at radius 1 is 1.42 bits per heavy atom. The largest absolute Gasteiger partial charge is 0.476 e. The van der Waals surface area contributed by atoms with E-state index in [4.69, 9.17) is 5.11 Å². The van der Waals surface area contributed by atoms with Gasteiger partial charge in [0.05, 0.1) is 10.9 Å². The molecule has 2 aliphatic heterocycles. The van der Waals surface area contributed by atoms with Crippen LogP contribution in [0.25, 0.3) is 0 Å². The highest BCUT2D eigenvalue weighted by Crippen LogP contribution is 2.21. The fourth-order valence-electron chi connectivity index (χ4n) is 3.13. The lowest BCUT2D eigenvalue weighted by Gasteiger charge is -2.27. The summed E-state index contributed by atoms with van der Waals surface area (Å²) in [5, 5.41) is 16.8. The van der Waals surface area contributed by atoms with Crippen LogP contribution in [0, 0.1) is 5.92 Å². The van der Waals surface area contributed by atoms with Gasteiger partial charge in [-0.2, -0.15) is 0 Å². The van der Waals surface area contributed by atoms with Crippen molar-refractivity contribution in [3.05, 3.63) is 16.1 Å². The van der Waals surface area contributed by atoms with Gasteiger partial charge in [0.15, 0.2) is 5.69 Å². The SMILES string of the molecule is O=C(O)c1csc(CCNC(=O)N2CC3CCCC(C2)C(=O)N3)n1. The van der Waals surface area contributed by atoms with Crippen molar-refractivity contribution in [2.45, 2.75) is 31.7 Å². The van der Waals surface area contributed by atoms with Crippen LogP contribution >= 0.6 is 11.3 Å². The second-order valence-electron chi connectivity index (χ2n) is 6.15. The number of aromatic carboxylic acids is 1. The topological polar surface area (TPSA) is 112 Å². The van der Waals surface area contributed by atoms with Crippen LogP contribution in [0.3, 0.4) is 0 Å². The number of thiazole rings is 1. The van der Waals surface area contributed by atoms with Crippen molar-refractivity contribution in [1.82, 2.24) is 20.5 Å². The number of amides is 3. The van der Waals surface area contributed by atoms with Gasteiger partial charge in [0.1, 0.15) is 0 Å². The maximum Gasteiger partial charge on any atom is 0.355 e. The van der Waals surface area contributed by atoms with Crippen molar-refractivity contribution in [2.24, 2.45) is 5.92 Å². The van der Waals surface area contributed by atoms with Crippen LogP contribution in [-0.4, -0.2) is 58.6 Å². The predicted molar refractivity (Wildman–Crippen MR) is 87.0 cm³/mol. The van der Waals surface area contributed by atoms with Gasteiger partial charge >= 0.3 is 12.0 Å². The zero-order chi connectivity index (χ0) is 17.1. The minimum atomic E-state index is -1.05. The Morgan fingerprint density at radius 2 is 2.25 bits per heavy atom.